The molecule has 0 spiro atoms. The summed E-state index contributed by atoms with van der Waals surface area (Å²) in [4.78, 5) is 23.0. The van der Waals surface area contributed by atoms with E-state index in [1.807, 2.05) is 0 Å². The van der Waals surface area contributed by atoms with Gasteiger partial charge in [-0.2, -0.15) is 0 Å². The van der Waals surface area contributed by atoms with Crippen molar-refractivity contribution in [2.75, 3.05) is 37.9 Å². The number of hydrogen-bond acceptors (Lipinski definition) is 8. The van der Waals surface area contributed by atoms with Crippen molar-refractivity contribution in [1.29, 1.82) is 0 Å². The van der Waals surface area contributed by atoms with E-state index in [0.717, 1.165) is 0 Å². The number of ether oxygens (including phenoxy) is 4. The molecule has 0 saturated carbocycles. The van der Waals surface area contributed by atoms with E-state index in [4.69, 9.17) is 30.4 Å². The van der Waals surface area contributed by atoms with Crippen LogP contribution in [0, 0.1) is 0 Å². The van der Waals surface area contributed by atoms with E-state index in [1.165, 1.54) is 0 Å². The van der Waals surface area contributed by atoms with Crippen molar-refractivity contribution in [3.63, 3.8) is 0 Å². The van der Waals surface area contributed by atoms with Gasteiger partial charge >= 0.3 is 11.9 Å². The average molecular weight is 360 g/mol. The fourth-order valence-electron chi connectivity index (χ4n) is 1.81. The Bertz CT molecular complexity index is 652. The Hall–Kier alpha value is -3.42. The molecule has 0 aliphatic rings. The van der Waals surface area contributed by atoms with Crippen LogP contribution in [0.1, 0.15) is 0 Å². The van der Waals surface area contributed by atoms with Gasteiger partial charge in [-0.15, -0.1) is 0 Å². The van der Waals surface area contributed by atoms with Gasteiger partial charge in [-0.1, -0.05) is 0 Å². The summed E-state index contributed by atoms with van der Waals surface area (Å²) in [7, 11) is 0. The Morgan fingerprint density at radius 1 is 0.654 bits per heavy atom. The second kappa shape index (κ2) is 9.77. The lowest BCUT2D eigenvalue weighted by Crippen LogP contribution is -2.21. The fraction of sp³-hybridized carbons (Fsp3) is 0.222. The van der Waals surface area contributed by atoms with Crippen LogP contribution in [-0.4, -0.2) is 38.4 Å². The molecule has 0 unspecified atom stereocenters. The Labute approximate surface area is 150 Å². The third-order valence-electron chi connectivity index (χ3n) is 3.08. The predicted octanol–water partition coefficient (Wildman–Crippen LogP) is 1.40. The zero-order chi connectivity index (χ0) is 18.8. The number of esters is 2. The number of nitrogens with two attached hydrogens (primary N) is 2. The minimum atomic E-state index is -0.573. The summed E-state index contributed by atoms with van der Waals surface area (Å²) in [5, 5.41) is 0. The highest BCUT2D eigenvalue weighted by atomic mass is 16.6. The van der Waals surface area contributed by atoms with Crippen molar-refractivity contribution in [1.82, 2.24) is 0 Å². The zero-order valence-electron chi connectivity index (χ0n) is 14.1. The molecule has 0 atom stereocenters. The molecule has 138 valence electrons. The molecule has 8 heteroatoms. The summed E-state index contributed by atoms with van der Waals surface area (Å²) >= 11 is 0. The summed E-state index contributed by atoms with van der Waals surface area (Å²) in [6.45, 7) is -0.648. The third kappa shape index (κ3) is 7.00. The summed E-state index contributed by atoms with van der Waals surface area (Å²) in [5.74, 6) is -0.142. The lowest BCUT2D eigenvalue weighted by atomic mass is 10.3. The number of carbonyl (C=O) groups excluding carboxylic acids is 2. The molecule has 2 aromatic rings. The van der Waals surface area contributed by atoms with Crippen LogP contribution in [0.4, 0.5) is 11.4 Å². The van der Waals surface area contributed by atoms with Gasteiger partial charge in [0.15, 0.2) is 13.2 Å². The minimum Gasteiger partial charge on any atom is -0.482 e. The predicted molar refractivity (Wildman–Crippen MR) is 94.6 cm³/mol. The molecular weight excluding hydrogens is 340 g/mol. The number of hydrogen-bond donors (Lipinski definition) is 2. The van der Waals surface area contributed by atoms with E-state index in [-0.39, 0.29) is 26.4 Å². The quantitative estimate of drug-likeness (QED) is 0.391. The Morgan fingerprint density at radius 3 is 1.35 bits per heavy atom. The first-order valence-corrected chi connectivity index (χ1v) is 7.81. The highest BCUT2D eigenvalue weighted by Crippen LogP contribution is 2.13. The summed E-state index contributed by atoms with van der Waals surface area (Å²) in [6.07, 6.45) is 0. The van der Waals surface area contributed by atoms with E-state index < -0.39 is 11.9 Å². The van der Waals surface area contributed by atoms with Gasteiger partial charge in [-0.05, 0) is 48.5 Å². The van der Waals surface area contributed by atoms with Gasteiger partial charge in [-0.3, -0.25) is 0 Å². The number of benzene rings is 2. The van der Waals surface area contributed by atoms with Crippen molar-refractivity contribution in [3.8, 4) is 11.5 Å². The lowest BCUT2D eigenvalue weighted by Gasteiger charge is -2.09. The van der Waals surface area contributed by atoms with Gasteiger partial charge in [0.25, 0.3) is 0 Å². The number of nitrogen functional groups attached to an aromatic ring is 2. The highest BCUT2D eigenvalue weighted by Gasteiger charge is 2.07. The molecule has 0 aromatic heterocycles. The van der Waals surface area contributed by atoms with Crippen molar-refractivity contribution in [2.24, 2.45) is 0 Å². The van der Waals surface area contributed by atoms with Crippen molar-refractivity contribution >= 4 is 23.3 Å². The van der Waals surface area contributed by atoms with Crippen LogP contribution in [0.25, 0.3) is 0 Å². The average Bonchev–Trinajstić information content (AvgIpc) is 2.64. The molecule has 26 heavy (non-hydrogen) atoms. The first kappa shape index (κ1) is 18.9. The van der Waals surface area contributed by atoms with E-state index in [1.54, 1.807) is 48.5 Å². The first-order valence-electron chi connectivity index (χ1n) is 7.81. The summed E-state index contributed by atoms with van der Waals surface area (Å²) < 4.78 is 20.2. The molecule has 0 aliphatic heterocycles. The smallest absolute Gasteiger partial charge is 0.344 e. The minimum absolute atomic E-state index is 0.0719. The van der Waals surface area contributed by atoms with Crippen LogP contribution in [0.5, 0.6) is 11.5 Å². The van der Waals surface area contributed by atoms with Crippen LogP contribution < -0.4 is 20.9 Å². The Balaban J connectivity index is 1.54. The molecule has 4 N–H and O–H groups in total. The normalized spacial score (nSPS) is 10.0. The molecule has 0 heterocycles. The summed E-state index contributed by atoms with van der Waals surface area (Å²) in [6, 6.07) is 13.2. The largest absolute Gasteiger partial charge is 0.482 e. The van der Waals surface area contributed by atoms with E-state index in [9.17, 15) is 9.59 Å². The maximum absolute atomic E-state index is 11.5. The van der Waals surface area contributed by atoms with Crippen molar-refractivity contribution in [2.45, 2.75) is 0 Å². The fourth-order valence-corrected chi connectivity index (χ4v) is 1.81. The van der Waals surface area contributed by atoms with Gasteiger partial charge in [0.05, 0.1) is 0 Å². The molecule has 0 saturated heterocycles. The van der Waals surface area contributed by atoms with Crippen LogP contribution in [0.2, 0.25) is 0 Å². The highest BCUT2D eigenvalue weighted by molar-refractivity contribution is 5.72. The molecule has 0 aliphatic carbocycles. The molecule has 0 fully saturated rings. The van der Waals surface area contributed by atoms with E-state index in [0.29, 0.717) is 22.9 Å². The maximum Gasteiger partial charge on any atom is 0.344 e. The van der Waals surface area contributed by atoms with Crippen LogP contribution in [-0.2, 0) is 19.1 Å². The standard InChI is InChI=1S/C18H20N2O6/c19-13-1-5-15(6-2-13)25-11-17(21)23-9-10-24-18(22)12-26-16-7-3-14(20)4-8-16/h1-8H,9-12,19-20H2. The molecule has 2 aromatic carbocycles. The van der Waals surface area contributed by atoms with Crippen molar-refractivity contribution < 1.29 is 28.5 Å². The molecule has 0 radical (unpaired) electrons. The number of anilines is 2. The second-order valence-corrected chi connectivity index (χ2v) is 5.16. The molecular formula is C18H20N2O6. The van der Waals surface area contributed by atoms with Crippen LogP contribution in [0.3, 0.4) is 0 Å². The SMILES string of the molecule is Nc1ccc(OCC(=O)OCCOC(=O)COc2ccc(N)cc2)cc1. The molecule has 8 nitrogen and oxygen atoms in total. The Kier molecular flexibility index (Phi) is 7.11. The zero-order valence-corrected chi connectivity index (χ0v) is 14.1. The van der Waals surface area contributed by atoms with Crippen LogP contribution in [0.15, 0.2) is 48.5 Å². The first-order chi connectivity index (χ1) is 12.5. The van der Waals surface area contributed by atoms with Crippen LogP contribution >= 0.6 is 0 Å². The van der Waals surface area contributed by atoms with Crippen molar-refractivity contribution in [3.05, 3.63) is 48.5 Å². The molecule has 0 bridgehead atoms. The van der Waals surface area contributed by atoms with Gasteiger partial charge < -0.3 is 30.4 Å². The second-order valence-electron chi connectivity index (χ2n) is 5.16. The maximum atomic E-state index is 11.5. The molecule has 0 amide bonds. The Morgan fingerprint density at radius 2 is 1.00 bits per heavy atom. The van der Waals surface area contributed by atoms with Gasteiger partial charge in [0.1, 0.15) is 24.7 Å². The monoisotopic (exact) mass is 360 g/mol. The van der Waals surface area contributed by atoms with Gasteiger partial charge in [0, 0.05) is 11.4 Å². The number of rotatable bonds is 9. The molecule has 2 rings (SSSR count). The van der Waals surface area contributed by atoms with E-state index >= 15 is 0 Å². The third-order valence-corrected chi connectivity index (χ3v) is 3.08. The van der Waals surface area contributed by atoms with Gasteiger partial charge in [-0.25, -0.2) is 9.59 Å². The topological polar surface area (TPSA) is 123 Å². The number of carbonyl (C=O) groups is 2. The lowest BCUT2D eigenvalue weighted by molar-refractivity contribution is -0.154. The van der Waals surface area contributed by atoms with Gasteiger partial charge in [0.2, 0.25) is 0 Å². The van der Waals surface area contributed by atoms with E-state index in [2.05, 4.69) is 0 Å². The summed E-state index contributed by atoms with van der Waals surface area (Å²) in [5.41, 5.74) is 12.3.